The fraction of sp³-hybridized carbons (Fsp3) is 0.400. The number of benzene rings is 2. The number of aryl methyl sites for hydroxylation is 1. The zero-order chi connectivity index (χ0) is 16.1. The standard InChI is InChI=1S/C20H26N2S/c1-16-6-3-4-7-19(16)20(22-14-5-12-21-13-15-22)17-8-10-18(23-2)11-9-17/h3-4,6-11,20-21H,5,12-15H2,1-2H3. The molecule has 1 saturated heterocycles. The van der Waals surface area contributed by atoms with E-state index in [1.165, 1.54) is 28.0 Å². The molecule has 1 heterocycles. The molecule has 1 aliphatic rings. The first kappa shape index (κ1) is 16.6. The Morgan fingerprint density at radius 2 is 1.78 bits per heavy atom. The van der Waals surface area contributed by atoms with Crippen LogP contribution in [-0.4, -0.2) is 37.3 Å². The summed E-state index contributed by atoms with van der Waals surface area (Å²) in [6.07, 6.45) is 3.35. The van der Waals surface area contributed by atoms with E-state index >= 15 is 0 Å². The predicted molar refractivity (Wildman–Crippen MR) is 100 cm³/mol. The molecule has 0 amide bonds. The zero-order valence-corrected chi connectivity index (χ0v) is 14.9. The molecule has 3 rings (SSSR count). The summed E-state index contributed by atoms with van der Waals surface area (Å²) in [6, 6.07) is 18.3. The van der Waals surface area contributed by atoms with Crippen molar-refractivity contribution in [3.05, 3.63) is 65.2 Å². The largest absolute Gasteiger partial charge is 0.315 e. The fourth-order valence-electron chi connectivity index (χ4n) is 3.39. The van der Waals surface area contributed by atoms with E-state index in [9.17, 15) is 0 Å². The molecule has 2 aromatic carbocycles. The lowest BCUT2D eigenvalue weighted by molar-refractivity contribution is 0.240. The Morgan fingerprint density at radius 1 is 1.00 bits per heavy atom. The van der Waals surface area contributed by atoms with E-state index in [1.807, 2.05) is 0 Å². The fourth-order valence-corrected chi connectivity index (χ4v) is 3.80. The molecule has 1 N–H and O–H groups in total. The summed E-state index contributed by atoms with van der Waals surface area (Å²) in [6.45, 7) is 6.68. The average Bonchev–Trinajstić information content (AvgIpc) is 2.87. The Kier molecular flexibility index (Phi) is 5.76. The van der Waals surface area contributed by atoms with Crippen LogP contribution in [-0.2, 0) is 0 Å². The van der Waals surface area contributed by atoms with Gasteiger partial charge in [0.05, 0.1) is 6.04 Å². The number of rotatable bonds is 4. The number of nitrogens with one attached hydrogen (secondary N) is 1. The molecule has 1 aliphatic heterocycles. The van der Waals surface area contributed by atoms with Gasteiger partial charge in [-0.15, -0.1) is 11.8 Å². The molecule has 0 aliphatic carbocycles. The van der Waals surface area contributed by atoms with Gasteiger partial charge in [0.15, 0.2) is 0 Å². The molecule has 1 unspecified atom stereocenters. The van der Waals surface area contributed by atoms with Crippen LogP contribution in [0.1, 0.15) is 29.2 Å². The lowest BCUT2D eigenvalue weighted by Gasteiger charge is -2.32. The Balaban J connectivity index is 1.99. The third kappa shape index (κ3) is 3.97. The maximum Gasteiger partial charge on any atom is 0.0604 e. The molecular weight excluding hydrogens is 300 g/mol. The van der Waals surface area contributed by atoms with E-state index < -0.39 is 0 Å². The topological polar surface area (TPSA) is 15.3 Å². The quantitative estimate of drug-likeness (QED) is 0.852. The number of hydrogen-bond donors (Lipinski definition) is 1. The highest BCUT2D eigenvalue weighted by molar-refractivity contribution is 7.98. The smallest absolute Gasteiger partial charge is 0.0604 e. The maximum absolute atomic E-state index is 3.52. The minimum atomic E-state index is 0.354. The van der Waals surface area contributed by atoms with Crippen LogP contribution in [0.15, 0.2) is 53.4 Å². The Bertz CT molecular complexity index is 616. The van der Waals surface area contributed by atoms with Gasteiger partial charge in [0.25, 0.3) is 0 Å². The normalized spacial score (nSPS) is 17.7. The van der Waals surface area contributed by atoms with E-state index in [-0.39, 0.29) is 0 Å². The van der Waals surface area contributed by atoms with Crippen LogP contribution in [0.3, 0.4) is 0 Å². The van der Waals surface area contributed by atoms with Crippen molar-refractivity contribution in [2.45, 2.75) is 24.3 Å². The van der Waals surface area contributed by atoms with Crippen molar-refractivity contribution in [3.8, 4) is 0 Å². The summed E-state index contributed by atoms with van der Waals surface area (Å²) in [5.74, 6) is 0. The van der Waals surface area contributed by atoms with E-state index in [2.05, 4.69) is 71.9 Å². The van der Waals surface area contributed by atoms with Crippen molar-refractivity contribution in [2.24, 2.45) is 0 Å². The molecule has 1 atom stereocenters. The van der Waals surface area contributed by atoms with Gasteiger partial charge in [0.2, 0.25) is 0 Å². The third-order valence-electron chi connectivity index (χ3n) is 4.65. The summed E-state index contributed by atoms with van der Waals surface area (Å²) < 4.78 is 0. The average molecular weight is 327 g/mol. The van der Waals surface area contributed by atoms with Crippen LogP contribution in [0.25, 0.3) is 0 Å². The van der Waals surface area contributed by atoms with Gasteiger partial charge in [-0.3, -0.25) is 4.90 Å². The molecular formula is C20H26N2S. The molecule has 2 aromatic rings. The van der Waals surface area contributed by atoms with Crippen molar-refractivity contribution in [2.75, 3.05) is 32.4 Å². The highest BCUT2D eigenvalue weighted by atomic mass is 32.2. The summed E-state index contributed by atoms with van der Waals surface area (Å²) >= 11 is 1.80. The molecule has 1 fully saturated rings. The van der Waals surface area contributed by atoms with Gasteiger partial charge in [-0.05, 0) is 55.0 Å². The Hall–Kier alpha value is -1.29. The second-order valence-corrected chi connectivity index (χ2v) is 7.05. The van der Waals surface area contributed by atoms with Crippen LogP contribution < -0.4 is 5.32 Å². The molecule has 0 bridgehead atoms. The SMILES string of the molecule is CSc1ccc(C(c2ccccc2C)N2CCCNCC2)cc1. The van der Waals surface area contributed by atoms with Crippen LogP contribution in [0.2, 0.25) is 0 Å². The van der Waals surface area contributed by atoms with Crippen LogP contribution in [0.5, 0.6) is 0 Å². The first-order valence-corrected chi connectivity index (χ1v) is 9.66. The molecule has 0 spiro atoms. The van der Waals surface area contributed by atoms with E-state index in [1.54, 1.807) is 11.8 Å². The lowest BCUT2D eigenvalue weighted by atomic mass is 9.93. The van der Waals surface area contributed by atoms with Gasteiger partial charge < -0.3 is 5.32 Å². The van der Waals surface area contributed by atoms with Gasteiger partial charge in [-0.1, -0.05) is 36.4 Å². The minimum Gasteiger partial charge on any atom is -0.315 e. The molecule has 2 nitrogen and oxygen atoms in total. The molecule has 0 radical (unpaired) electrons. The van der Waals surface area contributed by atoms with Crippen molar-refractivity contribution < 1.29 is 0 Å². The van der Waals surface area contributed by atoms with Gasteiger partial charge in [0, 0.05) is 24.5 Å². The molecule has 0 aromatic heterocycles. The van der Waals surface area contributed by atoms with E-state index in [0.717, 1.165) is 26.2 Å². The van der Waals surface area contributed by atoms with Crippen LogP contribution >= 0.6 is 11.8 Å². The van der Waals surface area contributed by atoms with Gasteiger partial charge in [0.1, 0.15) is 0 Å². The van der Waals surface area contributed by atoms with Gasteiger partial charge in [-0.25, -0.2) is 0 Å². The molecule has 122 valence electrons. The second kappa shape index (κ2) is 8.00. The second-order valence-electron chi connectivity index (χ2n) is 6.17. The van der Waals surface area contributed by atoms with E-state index in [0.29, 0.717) is 6.04 Å². The first-order valence-electron chi connectivity index (χ1n) is 8.44. The number of hydrogen-bond acceptors (Lipinski definition) is 3. The number of thioether (sulfide) groups is 1. The van der Waals surface area contributed by atoms with Gasteiger partial charge in [-0.2, -0.15) is 0 Å². The Labute approximate surface area is 144 Å². The summed E-state index contributed by atoms with van der Waals surface area (Å²) in [5, 5.41) is 3.52. The van der Waals surface area contributed by atoms with Crippen LogP contribution in [0, 0.1) is 6.92 Å². The molecule has 0 saturated carbocycles. The lowest BCUT2D eigenvalue weighted by Crippen LogP contribution is -2.33. The highest BCUT2D eigenvalue weighted by Gasteiger charge is 2.24. The van der Waals surface area contributed by atoms with Crippen molar-refractivity contribution in [1.82, 2.24) is 10.2 Å². The monoisotopic (exact) mass is 326 g/mol. The summed E-state index contributed by atoms with van der Waals surface area (Å²) in [4.78, 5) is 3.96. The van der Waals surface area contributed by atoms with Crippen LogP contribution in [0.4, 0.5) is 0 Å². The van der Waals surface area contributed by atoms with Gasteiger partial charge >= 0.3 is 0 Å². The summed E-state index contributed by atoms with van der Waals surface area (Å²) in [7, 11) is 0. The zero-order valence-electron chi connectivity index (χ0n) is 14.1. The maximum atomic E-state index is 3.52. The highest BCUT2D eigenvalue weighted by Crippen LogP contribution is 2.32. The Morgan fingerprint density at radius 3 is 2.52 bits per heavy atom. The van der Waals surface area contributed by atoms with Crippen molar-refractivity contribution >= 4 is 11.8 Å². The van der Waals surface area contributed by atoms with Crippen molar-refractivity contribution in [3.63, 3.8) is 0 Å². The first-order chi connectivity index (χ1) is 11.3. The van der Waals surface area contributed by atoms with Crippen molar-refractivity contribution in [1.29, 1.82) is 0 Å². The minimum absolute atomic E-state index is 0.354. The predicted octanol–water partition coefficient (Wildman–Crippen LogP) is 4.10. The third-order valence-corrected chi connectivity index (χ3v) is 5.40. The van der Waals surface area contributed by atoms with E-state index in [4.69, 9.17) is 0 Å². The molecule has 3 heteroatoms. The summed E-state index contributed by atoms with van der Waals surface area (Å²) in [5.41, 5.74) is 4.22. The number of nitrogens with zero attached hydrogens (tertiary/aromatic N) is 1. The molecule has 23 heavy (non-hydrogen) atoms.